The second kappa shape index (κ2) is 11.8. The van der Waals surface area contributed by atoms with Crippen molar-refractivity contribution in [1.29, 1.82) is 0 Å². The maximum absolute atomic E-state index is 13.3. The van der Waals surface area contributed by atoms with Gasteiger partial charge >= 0.3 is 6.18 Å². The molecule has 5 rings (SSSR count). The summed E-state index contributed by atoms with van der Waals surface area (Å²) in [5.41, 5.74) is -0.141. The zero-order valence-electron chi connectivity index (χ0n) is 21.3. The summed E-state index contributed by atoms with van der Waals surface area (Å²) >= 11 is 6.79. The lowest BCUT2D eigenvalue weighted by molar-refractivity contribution is -0.137. The van der Waals surface area contributed by atoms with E-state index in [0.29, 0.717) is 35.0 Å². The van der Waals surface area contributed by atoms with Gasteiger partial charge in [-0.05, 0) is 64.2 Å². The van der Waals surface area contributed by atoms with Crippen molar-refractivity contribution < 1.29 is 22.8 Å². The van der Waals surface area contributed by atoms with Crippen LogP contribution in [0.4, 0.5) is 18.9 Å². The van der Waals surface area contributed by atoms with E-state index < -0.39 is 17.6 Å². The van der Waals surface area contributed by atoms with Crippen LogP contribution in [0.25, 0.3) is 27.6 Å². The molecule has 0 bridgehead atoms. The number of anilines is 1. The van der Waals surface area contributed by atoms with Crippen LogP contribution in [-0.2, 0) is 15.8 Å². The van der Waals surface area contributed by atoms with Crippen molar-refractivity contribution in [2.75, 3.05) is 11.9 Å². The molecule has 0 unspecified atom stereocenters. The van der Waals surface area contributed by atoms with Crippen molar-refractivity contribution in [3.8, 4) is 0 Å². The van der Waals surface area contributed by atoms with Gasteiger partial charge in [0.15, 0.2) is 0 Å². The number of nitrogens with one attached hydrogen (secondary N) is 1. The first-order valence-corrected chi connectivity index (χ1v) is 14.1. The highest BCUT2D eigenvalue weighted by molar-refractivity contribution is 8.26. The summed E-state index contributed by atoms with van der Waals surface area (Å²) in [6.45, 7) is 0.414. The second-order valence-electron chi connectivity index (χ2n) is 9.47. The molecule has 9 heteroatoms. The summed E-state index contributed by atoms with van der Waals surface area (Å²) in [4.78, 5) is 27.7. The second-order valence-corrected chi connectivity index (χ2v) is 11.1. The average Bonchev–Trinajstić information content (AvgIpc) is 3.19. The number of fused-ring (bicyclic) bond motifs is 2. The molecule has 1 aliphatic rings. The third kappa shape index (κ3) is 6.05. The fraction of sp³-hybridized carbons (Fsp3) is 0.194. The molecule has 0 spiro atoms. The summed E-state index contributed by atoms with van der Waals surface area (Å²) in [5, 5.41) is 6.66. The Bertz CT molecular complexity index is 1600. The van der Waals surface area contributed by atoms with Crippen molar-refractivity contribution >= 4 is 73.4 Å². The van der Waals surface area contributed by atoms with Gasteiger partial charge in [0.1, 0.15) is 4.32 Å². The Morgan fingerprint density at radius 2 is 1.52 bits per heavy atom. The minimum absolute atomic E-state index is 0.0820. The van der Waals surface area contributed by atoms with Crippen LogP contribution in [0.15, 0.2) is 83.8 Å². The summed E-state index contributed by atoms with van der Waals surface area (Å²) in [6.07, 6.45) is -0.823. The zero-order valence-corrected chi connectivity index (χ0v) is 23.0. The molecule has 4 aromatic rings. The molecule has 1 fully saturated rings. The molecule has 40 heavy (non-hydrogen) atoms. The van der Waals surface area contributed by atoms with Gasteiger partial charge in [-0.2, -0.15) is 13.2 Å². The molecule has 0 aromatic heterocycles. The molecule has 4 nitrogen and oxygen atoms in total. The first-order valence-electron chi connectivity index (χ1n) is 12.8. The molecule has 0 saturated carbocycles. The lowest BCUT2D eigenvalue weighted by atomic mass is 9.96. The number of unbranched alkanes of at least 4 members (excludes halogenated alkanes) is 2. The first kappa shape index (κ1) is 27.9. The first-order chi connectivity index (χ1) is 19.2. The fourth-order valence-corrected chi connectivity index (χ4v) is 6.10. The Morgan fingerprint density at radius 1 is 0.900 bits per heavy atom. The van der Waals surface area contributed by atoms with E-state index in [1.165, 1.54) is 30.0 Å². The molecule has 204 valence electrons. The van der Waals surface area contributed by atoms with Gasteiger partial charge in [-0.15, -0.1) is 0 Å². The van der Waals surface area contributed by atoms with Crippen LogP contribution in [0.2, 0.25) is 0 Å². The number of hydrogen-bond donors (Lipinski definition) is 1. The minimum atomic E-state index is -4.55. The molecule has 2 amide bonds. The monoisotopic (exact) mass is 578 g/mol. The van der Waals surface area contributed by atoms with E-state index in [9.17, 15) is 22.8 Å². The van der Waals surface area contributed by atoms with Crippen molar-refractivity contribution in [3.05, 3.63) is 94.9 Å². The topological polar surface area (TPSA) is 49.4 Å². The Labute approximate surface area is 239 Å². The third-order valence-corrected chi connectivity index (χ3v) is 8.13. The lowest BCUT2D eigenvalue weighted by Gasteiger charge is -2.15. The van der Waals surface area contributed by atoms with Crippen molar-refractivity contribution in [2.24, 2.45) is 0 Å². The van der Waals surface area contributed by atoms with E-state index in [1.54, 1.807) is 4.90 Å². The standard InChI is InChI=1S/C31H25F3N2O2S2/c32-31(33,34)25-14-7-8-15-26(25)35-28(37)16-2-1-9-17-36-29(38)27(40-30(36)39)19-24-22-12-5-3-10-20(22)18-21-11-4-6-13-23(21)24/h3-8,10-15,18-19H,1-2,9,16-17H2,(H,35,37)/b27-19-. The van der Waals surface area contributed by atoms with Crippen LogP contribution < -0.4 is 5.32 Å². The normalized spacial score (nSPS) is 15.0. The summed E-state index contributed by atoms with van der Waals surface area (Å²) in [7, 11) is 0. The molecule has 1 heterocycles. The number of rotatable bonds is 8. The molecule has 0 atom stereocenters. The predicted molar refractivity (Wildman–Crippen MR) is 160 cm³/mol. The van der Waals surface area contributed by atoms with Crippen LogP contribution in [-0.4, -0.2) is 27.6 Å². The number of thiocarbonyl (C=S) groups is 1. The SMILES string of the molecule is O=C(CCCCCN1C(=O)/C(=C/c2c3ccccc3cc3ccccc23)SC1=S)Nc1ccccc1C(F)(F)F. The number of carbonyl (C=O) groups excluding carboxylic acids is 2. The largest absolute Gasteiger partial charge is 0.418 e. The van der Waals surface area contributed by atoms with Gasteiger partial charge in [0.25, 0.3) is 5.91 Å². The van der Waals surface area contributed by atoms with Gasteiger partial charge in [-0.3, -0.25) is 14.5 Å². The number of hydrogen-bond acceptors (Lipinski definition) is 4. The predicted octanol–water partition coefficient (Wildman–Crippen LogP) is 8.41. The molecular weight excluding hydrogens is 553 g/mol. The molecule has 1 N–H and O–H groups in total. The molecule has 1 saturated heterocycles. The molecule has 0 aliphatic carbocycles. The van der Waals surface area contributed by atoms with Crippen molar-refractivity contribution in [2.45, 2.75) is 31.9 Å². The molecule has 1 aliphatic heterocycles. The Kier molecular flexibility index (Phi) is 8.23. The van der Waals surface area contributed by atoms with Crippen molar-refractivity contribution in [3.63, 3.8) is 0 Å². The Morgan fingerprint density at radius 3 is 2.20 bits per heavy atom. The zero-order chi connectivity index (χ0) is 28.3. The average molecular weight is 579 g/mol. The Hall–Kier alpha value is -3.69. The summed E-state index contributed by atoms with van der Waals surface area (Å²) < 4.78 is 39.9. The van der Waals surface area contributed by atoms with Gasteiger partial charge in [-0.1, -0.05) is 91.1 Å². The van der Waals surface area contributed by atoms with Gasteiger partial charge in [0, 0.05) is 13.0 Å². The number of halogens is 3. The maximum Gasteiger partial charge on any atom is 0.418 e. The molecule has 4 aromatic carbocycles. The Balaban J connectivity index is 1.19. The van der Waals surface area contributed by atoms with Crippen LogP contribution in [0, 0.1) is 0 Å². The quantitative estimate of drug-likeness (QED) is 0.0987. The number of benzene rings is 4. The van der Waals surface area contributed by atoms with E-state index >= 15 is 0 Å². The fourth-order valence-electron chi connectivity index (χ4n) is 4.81. The van der Waals surface area contributed by atoms with Crippen LogP contribution in [0.1, 0.15) is 36.8 Å². The third-order valence-electron chi connectivity index (χ3n) is 6.75. The number of nitrogens with zero attached hydrogens (tertiary/aromatic N) is 1. The van der Waals surface area contributed by atoms with Crippen molar-refractivity contribution in [1.82, 2.24) is 4.90 Å². The number of amides is 2. The highest BCUT2D eigenvalue weighted by Gasteiger charge is 2.34. The summed E-state index contributed by atoms with van der Waals surface area (Å²) in [6, 6.07) is 23.2. The molecular formula is C31H25F3N2O2S2. The van der Waals surface area contributed by atoms with Crippen LogP contribution >= 0.6 is 24.0 Å². The minimum Gasteiger partial charge on any atom is -0.326 e. The number of carbonyl (C=O) groups is 2. The highest BCUT2D eigenvalue weighted by Crippen LogP contribution is 2.37. The van der Waals surface area contributed by atoms with Gasteiger partial charge in [0.05, 0.1) is 16.2 Å². The van der Waals surface area contributed by atoms with E-state index in [1.807, 2.05) is 42.5 Å². The van der Waals surface area contributed by atoms with Crippen LogP contribution in [0.5, 0.6) is 0 Å². The van der Waals surface area contributed by atoms with Gasteiger partial charge < -0.3 is 5.32 Å². The van der Waals surface area contributed by atoms with E-state index in [4.69, 9.17) is 12.2 Å². The highest BCUT2D eigenvalue weighted by atomic mass is 32.2. The van der Waals surface area contributed by atoms with E-state index in [-0.39, 0.29) is 18.0 Å². The number of thioether (sulfide) groups is 1. The summed E-state index contributed by atoms with van der Waals surface area (Å²) in [5.74, 6) is -0.624. The molecule has 0 radical (unpaired) electrons. The maximum atomic E-state index is 13.3. The van der Waals surface area contributed by atoms with Gasteiger partial charge in [0.2, 0.25) is 5.91 Å². The van der Waals surface area contributed by atoms with Gasteiger partial charge in [-0.25, -0.2) is 0 Å². The smallest absolute Gasteiger partial charge is 0.326 e. The van der Waals surface area contributed by atoms with Crippen LogP contribution in [0.3, 0.4) is 0 Å². The number of alkyl halides is 3. The van der Waals surface area contributed by atoms with E-state index in [2.05, 4.69) is 23.5 Å². The number of para-hydroxylation sites is 1. The lowest BCUT2D eigenvalue weighted by Crippen LogP contribution is -2.29. The van der Waals surface area contributed by atoms with E-state index in [0.717, 1.165) is 33.2 Å².